The predicted molar refractivity (Wildman–Crippen MR) is 62.6 cm³/mol. The minimum atomic E-state index is 0.0270. The lowest BCUT2D eigenvalue weighted by Gasteiger charge is -2.17. The lowest BCUT2D eigenvalue weighted by molar-refractivity contribution is -0.118. The quantitative estimate of drug-likeness (QED) is 0.737. The van der Waals surface area contributed by atoms with Crippen LogP contribution in [0.3, 0.4) is 0 Å². The molecule has 1 aromatic rings. The third-order valence-corrected chi connectivity index (χ3v) is 3.45. The van der Waals surface area contributed by atoms with Crippen molar-refractivity contribution in [3.05, 3.63) is 23.3 Å². The fourth-order valence-electron chi connectivity index (χ4n) is 2.66. The summed E-state index contributed by atoms with van der Waals surface area (Å²) < 4.78 is 5.32. The maximum Gasteiger partial charge on any atom is 0.227 e. The Hall–Kier alpha value is -1.84. The van der Waals surface area contributed by atoms with Crippen LogP contribution in [0.2, 0.25) is 0 Å². The zero-order valence-corrected chi connectivity index (χ0v) is 9.66. The minimum Gasteiger partial charge on any atom is -0.496 e. The average Bonchev–Trinajstić information content (AvgIpc) is 2.58. The highest BCUT2D eigenvalue weighted by Gasteiger charge is 2.35. The van der Waals surface area contributed by atoms with Crippen molar-refractivity contribution in [3.8, 4) is 5.75 Å². The minimum absolute atomic E-state index is 0.0270. The number of ketones is 1. The maximum atomic E-state index is 11.9. The molecule has 88 valence electrons. The molecule has 0 aliphatic carbocycles. The van der Waals surface area contributed by atoms with Crippen LogP contribution in [-0.4, -0.2) is 25.3 Å². The summed E-state index contributed by atoms with van der Waals surface area (Å²) in [6, 6.07) is 3.59. The highest BCUT2D eigenvalue weighted by molar-refractivity contribution is 6.16. The number of carbonyl (C=O) groups excluding carboxylic acids is 2. The van der Waals surface area contributed by atoms with Gasteiger partial charge in [-0.15, -0.1) is 0 Å². The van der Waals surface area contributed by atoms with Crippen LogP contribution in [-0.2, 0) is 11.2 Å². The molecule has 2 heterocycles. The monoisotopic (exact) mass is 231 g/mol. The smallest absolute Gasteiger partial charge is 0.227 e. The van der Waals surface area contributed by atoms with Crippen molar-refractivity contribution in [2.24, 2.45) is 0 Å². The number of methoxy groups -OCH3 is 1. The second kappa shape index (κ2) is 3.58. The van der Waals surface area contributed by atoms with E-state index in [9.17, 15) is 9.59 Å². The Kier molecular flexibility index (Phi) is 2.18. The van der Waals surface area contributed by atoms with Gasteiger partial charge in [0.25, 0.3) is 0 Å². The van der Waals surface area contributed by atoms with E-state index in [-0.39, 0.29) is 18.2 Å². The number of benzene rings is 1. The van der Waals surface area contributed by atoms with Gasteiger partial charge in [0.2, 0.25) is 5.91 Å². The summed E-state index contributed by atoms with van der Waals surface area (Å²) in [4.78, 5) is 25.4. The number of hydrogen-bond acceptors (Lipinski definition) is 3. The van der Waals surface area contributed by atoms with Crippen LogP contribution in [0, 0.1) is 0 Å². The predicted octanol–water partition coefficient (Wildman–Crippen LogP) is 1.56. The third kappa shape index (κ3) is 1.37. The summed E-state index contributed by atoms with van der Waals surface area (Å²) >= 11 is 0. The number of ether oxygens (including phenoxy) is 1. The molecule has 0 aromatic heterocycles. The Morgan fingerprint density at radius 3 is 2.82 bits per heavy atom. The SMILES string of the molecule is COc1ccc2c3c1CCCC(=O)N3CC2=O. The standard InChI is InChI=1S/C13H13NO3/c1-17-11-6-5-8-10(15)7-14-12(16)4-2-3-9(11)13(8)14/h5-6H,2-4,7H2,1H3. The van der Waals surface area contributed by atoms with Gasteiger partial charge < -0.3 is 9.64 Å². The summed E-state index contributed by atoms with van der Waals surface area (Å²) in [7, 11) is 1.62. The van der Waals surface area contributed by atoms with Gasteiger partial charge in [-0.25, -0.2) is 0 Å². The van der Waals surface area contributed by atoms with Crippen LogP contribution in [0.25, 0.3) is 0 Å². The molecular formula is C13H13NO3. The van der Waals surface area contributed by atoms with Gasteiger partial charge in [-0.3, -0.25) is 9.59 Å². The van der Waals surface area contributed by atoms with Crippen molar-refractivity contribution in [2.75, 3.05) is 18.6 Å². The van der Waals surface area contributed by atoms with Crippen LogP contribution in [0.4, 0.5) is 5.69 Å². The van der Waals surface area contributed by atoms with Crippen LogP contribution in [0.1, 0.15) is 28.8 Å². The molecule has 0 radical (unpaired) electrons. The number of anilines is 1. The zero-order valence-electron chi connectivity index (χ0n) is 9.66. The molecule has 0 saturated carbocycles. The molecule has 1 aromatic carbocycles. The van der Waals surface area contributed by atoms with E-state index in [1.807, 2.05) is 6.07 Å². The van der Waals surface area contributed by atoms with Gasteiger partial charge in [0.1, 0.15) is 5.75 Å². The van der Waals surface area contributed by atoms with Crippen molar-refractivity contribution in [2.45, 2.75) is 19.3 Å². The highest BCUT2D eigenvalue weighted by Crippen LogP contribution is 2.40. The van der Waals surface area contributed by atoms with E-state index in [4.69, 9.17) is 4.74 Å². The molecule has 17 heavy (non-hydrogen) atoms. The Balaban J connectivity index is 2.27. The molecule has 0 unspecified atom stereocenters. The van der Waals surface area contributed by atoms with E-state index in [2.05, 4.69) is 0 Å². The summed E-state index contributed by atoms with van der Waals surface area (Å²) in [5.74, 6) is 0.849. The molecular weight excluding hydrogens is 218 g/mol. The first-order chi connectivity index (χ1) is 8.22. The normalized spacial score (nSPS) is 18.1. The molecule has 0 saturated heterocycles. The molecule has 1 amide bonds. The average molecular weight is 231 g/mol. The van der Waals surface area contributed by atoms with E-state index < -0.39 is 0 Å². The fraction of sp³-hybridized carbons (Fsp3) is 0.385. The van der Waals surface area contributed by atoms with E-state index in [1.54, 1.807) is 18.1 Å². The second-order valence-corrected chi connectivity index (χ2v) is 4.40. The lowest BCUT2D eigenvalue weighted by Crippen LogP contribution is -2.29. The molecule has 0 N–H and O–H groups in total. The number of amides is 1. The number of hydrogen-bond donors (Lipinski definition) is 0. The molecule has 4 nitrogen and oxygen atoms in total. The van der Waals surface area contributed by atoms with Gasteiger partial charge in [-0.05, 0) is 25.0 Å². The first kappa shape index (κ1) is 10.3. The third-order valence-electron chi connectivity index (χ3n) is 3.45. The van der Waals surface area contributed by atoms with Gasteiger partial charge in [0, 0.05) is 17.5 Å². The molecule has 4 heteroatoms. The van der Waals surface area contributed by atoms with Crippen LogP contribution in [0.5, 0.6) is 5.75 Å². The van der Waals surface area contributed by atoms with Gasteiger partial charge in [-0.2, -0.15) is 0 Å². The molecule has 0 spiro atoms. The van der Waals surface area contributed by atoms with Gasteiger partial charge in [-0.1, -0.05) is 0 Å². The topological polar surface area (TPSA) is 46.6 Å². The number of rotatable bonds is 1. The zero-order chi connectivity index (χ0) is 12.0. The first-order valence-electron chi connectivity index (χ1n) is 5.76. The molecule has 0 atom stereocenters. The molecule has 3 rings (SSSR count). The summed E-state index contributed by atoms with van der Waals surface area (Å²) in [5, 5.41) is 0. The van der Waals surface area contributed by atoms with E-state index >= 15 is 0 Å². The van der Waals surface area contributed by atoms with Crippen molar-refractivity contribution in [1.82, 2.24) is 0 Å². The number of Topliss-reactive ketones (excluding diaryl/α,β-unsaturated/α-hetero) is 1. The second-order valence-electron chi connectivity index (χ2n) is 4.40. The summed E-state index contributed by atoms with van der Waals surface area (Å²) in [5.41, 5.74) is 2.45. The van der Waals surface area contributed by atoms with E-state index in [0.29, 0.717) is 12.0 Å². The van der Waals surface area contributed by atoms with Crippen molar-refractivity contribution in [1.29, 1.82) is 0 Å². The fourth-order valence-corrected chi connectivity index (χ4v) is 2.66. The Morgan fingerprint density at radius 1 is 1.24 bits per heavy atom. The summed E-state index contributed by atoms with van der Waals surface area (Å²) in [6.45, 7) is 0.189. The Bertz CT molecular complexity index is 522. The first-order valence-corrected chi connectivity index (χ1v) is 5.76. The molecule has 2 aliphatic rings. The van der Waals surface area contributed by atoms with Crippen molar-refractivity contribution < 1.29 is 14.3 Å². The summed E-state index contributed by atoms with van der Waals surface area (Å²) in [6.07, 6.45) is 2.11. The lowest BCUT2D eigenvalue weighted by atomic mass is 10.0. The van der Waals surface area contributed by atoms with E-state index in [0.717, 1.165) is 29.8 Å². The van der Waals surface area contributed by atoms with Crippen LogP contribution < -0.4 is 9.64 Å². The van der Waals surface area contributed by atoms with Crippen molar-refractivity contribution in [3.63, 3.8) is 0 Å². The van der Waals surface area contributed by atoms with Crippen LogP contribution >= 0.6 is 0 Å². The van der Waals surface area contributed by atoms with Crippen molar-refractivity contribution >= 4 is 17.4 Å². The Labute approximate surface area is 99.2 Å². The van der Waals surface area contributed by atoms with Gasteiger partial charge in [0.05, 0.1) is 19.3 Å². The Morgan fingerprint density at radius 2 is 2.06 bits per heavy atom. The van der Waals surface area contributed by atoms with Gasteiger partial charge in [0.15, 0.2) is 5.78 Å². The molecule has 0 fully saturated rings. The number of nitrogens with zero attached hydrogens (tertiary/aromatic N) is 1. The van der Waals surface area contributed by atoms with E-state index in [1.165, 1.54) is 0 Å². The molecule has 2 aliphatic heterocycles. The molecule has 0 bridgehead atoms. The van der Waals surface area contributed by atoms with Gasteiger partial charge >= 0.3 is 0 Å². The largest absolute Gasteiger partial charge is 0.496 e. The number of carbonyl (C=O) groups is 2. The van der Waals surface area contributed by atoms with Crippen LogP contribution in [0.15, 0.2) is 12.1 Å². The maximum absolute atomic E-state index is 11.9. The highest BCUT2D eigenvalue weighted by atomic mass is 16.5.